The van der Waals surface area contributed by atoms with Crippen molar-refractivity contribution in [2.75, 3.05) is 18.6 Å². The van der Waals surface area contributed by atoms with E-state index >= 15 is 0 Å². The molecule has 1 aromatic rings. The standard InChI is InChI=1S/C10H12F2N2O3/c1-16-7(15)4-5-2-3-6(13)9(8(5)14)17-10(11)12/h2-3,10H,4,13-14H2,1H3. The number of hydrogen-bond donors (Lipinski definition) is 2. The molecule has 0 aliphatic carbocycles. The van der Waals surface area contributed by atoms with Crippen LogP contribution in [0.4, 0.5) is 20.2 Å². The van der Waals surface area contributed by atoms with E-state index in [0.717, 1.165) is 0 Å². The van der Waals surface area contributed by atoms with Crippen molar-refractivity contribution in [3.05, 3.63) is 17.7 Å². The van der Waals surface area contributed by atoms with Gasteiger partial charge in [-0.3, -0.25) is 4.79 Å². The normalized spacial score (nSPS) is 10.4. The molecule has 17 heavy (non-hydrogen) atoms. The summed E-state index contributed by atoms with van der Waals surface area (Å²) < 4.78 is 32.9. The highest BCUT2D eigenvalue weighted by molar-refractivity contribution is 5.79. The molecule has 0 spiro atoms. The topological polar surface area (TPSA) is 87.6 Å². The maximum atomic E-state index is 12.1. The molecule has 0 atom stereocenters. The van der Waals surface area contributed by atoms with Gasteiger partial charge in [0.1, 0.15) is 0 Å². The number of carbonyl (C=O) groups is 1. The number of halogens is 2. The lowest BCUT2D eigenvalue weighted by molar-refractivity contribution is -0.139. The smallest absolute Gasteiger partial charge is 0.387 e. The monoisotopic (exact) mass is 246 g/mol. The Morgan fingerprint density at radius 1 is 1.41 bits per heavy atom. The van der Waals surface area contributed by atoms with E-state index < -0.39 is 12.6 Å². The molecule has 0 saturated carbocycles. The lowest BCUT2D eigenvalue weighted by Gasteiger charge is -2.13. The molecule has 0 radical (unpaired) electrons. The first kappa shape index (κ1) is 13.0. The molecule has 0 aliphatic heterocycles. The summed E-state index contributed by atoms with van der Waals surface area (Å²) in [5.41, 5.74) is 11.3. The van der Waals surface area contributed by atoms with Crippen molar-refractivity contribution < 1.29 is 23.0 Å². The van der Waals surface area contributed by atoms with E-state index in [1.165, 1.54) is 19.2 Å². The maximum Gasteiger partial charge on any atom is 0.387 e. The van der Waals surface area contributed by atoms with Gasteiger partial charge in [-0.1, -0.05) is 6.07 Å². The van der Waals surface area contributed by atoms with Gasteiger partial charge in [0.15, 0.2) is 5.75 Å². The summed E-state index contributed by atoms with van der Waals surface area (Å²) in [5, 5.41) is 0. The second kappa shape index (κ2) is 5.33. The third-order valence-corrected chi connectivity index (χ3v) is 2.09. The zero-order valence-corrected chi connectivity index (χ0v) is 9.07. The van der Waals surface area contributed by atoms with Crippen LogP contribution in [0.1, 0.15) is 5.56 Å². The Hall–Kier alpha value is -2.05. The number of carbonyl (C=O) groups excluding carboxylic acids is 1. The van der Waals surface area contributed by atoms with Gasteiger partial charge in [0, 0.05) is 0 Å². The minimum atomic E-state index is -3.03. The summed E-state index contributed by atoms with van der Waals surface area (Å²) in [6.45, 7) is -3.03. The van der Waals surface area contributed by atoms with Crippen molar-refractivity contribution in [1.82, 2.24) is 0 Å². The highest BCUT2D eigenvalue weighted by Crippen LogP contribution is 2.33. The number of nitrogens with two attached hydrogens (primary N) is 2. The van der Waals surface area contributed by atoms with Gasteiger partial charge in [0.05, 0.1) is 24.9 Å². The molecule has 0 aliphatic rings. The average molecular weight is 246 g/mol. The lowest BCUT2D eigenvalue weighted by atomic mass is 10.1. The van der Waals surface area contributed by atoms with Crippen molar-refractivity contribution in [2.24, 2.45) is 0 Å². The molecule has 94 valence electrons. The zero-order valence-electron chi connectivity index (χ0n) is 9.07. The molecule has 0 saturated heterocycles. The van der Waals surface area contributed by atoms with Crippen LogP contribution in [0.15, 0.2) is 12.1 Å². The Kier molecular flexibility index (Phi) is 4.08. The van der Waals surface area contributed by atoms with Crippen molar-refractivity contribution in [3.8, 4) is 5.75 Å². The molecule has 4 N–H and O–H groups in total. The van der Waals surface area contributed by atoms with Crippen molar-refractivity contribution in [2.45, 2.75) is 13.0 Å². The van der Waals surface area contributed by atoms with Crippen LogP contribution in [0, 0.1) is 0 Å². The lowest BCUT2D eigenvalue weighted by Crippen LogP contribution is -2.11. The number of nitrogen functional groups attached to an aromatic ring is 2. The summed E-state index contributed by atoms with van der Waals surface area (Å²) >= 11 is 0. The molecule has 0 fully saturated rings. The van der Waals surface area contributed by atoms with Gasteiger partial charge in [0.25, 0.3) is 0 Å². The maximum absolute atomic E-state index is 12.1. The summed E-state index contributed by atoms with van der Waals surface area (Å²) in [5.74, 6) is -0.856. The number of esters is 1. The largest absolute Gasteiger partial charge is 0.469 e. The minimum Gasteiger partial charge on any atom is -0.469 e. The summed E-state index contributed by atoms with van der Waals surface area (Å²) in [6, 6.07) is 2.80. The molecule has 1 aromatic carbocycles. The average Bonchev–Trinajstić information content (AvgIpc) is 2.27. The van der Waals surface area contributed by atoms with Crippen LogP contribution in [0.2, 0.25) is 0 Å². The van der Waals surface area contributed by atoms with Crippen molar-refractivity contribution >= 4 is 17.3 Å². The van der Waals surface area contributed by atoms with E-state index in [2.05, 4.69) is 9.47 Å². The molecule has 0 aromatic heterocycles. The Morgan fingerprint density at radius 2 is 2.06 bits per heavy atom. The molecule has 0 amide bonds. The number of ether oxygens (including phenoxy) is 2. The SMILES string of the molecule is COC(=O)Cc1ccc(N)c(OC(F)F)c1N. The second-order valence-electron chi connectivity index (χ2n) is 3.19. The Balaban J connectivity index is 3.05. The quantitative estimate of drug-likeness (QED) is 0.615. The van der Waals surface area contributed by atoms with Crippen LogP contribution in [-0.2, 0) is 16.0 Å². The van der Waals surface area contributed by atoms with Crippen LogP contribution in [0.5, 0.6) is 5.75 Å². The van der Waals surface area contributed by atoms with E-state index in [-0.39, 0.29) is 23.5 Å². The minimum absolute atomic E-state index is 0.0172. The Labute approximate surface area is 96.3 Å². The Morgan fingerprint density at radius 3 is 2.59 bits per heavy atom. The van der Waals surface area contributed by atoms with Gasteiger partial charge >= 0.3 is 12.6 Å². The molecule has 0 unspecified atom stereocenters. The highest BCUT2D eigenvalue weighted by atomic mass is 19.3. The molecule has 5 nitrogen and oxygen atoms in total. The first-order chi connectivity index (χ1) is 7.95. The van der Waals surface area contributed by atoms with E-state index in [4.69, 9.17) is 11.5 Å². The molecular formula is C10H12F2N2O3. The van der Waals surface area contributed by atoms with Crippen LogP contribution in [0.25, 0.3) is 0 Å². The van der Waals surface area contributed by atoms with E-state index in [0.29, 0.717) is 5.56 Å². The molecular weight excluding hydrogens is 234 g/mol. The Bertz CT molecular complexity index is 424. The van der Waals surface area contributed by atoms with Crippen LogP contribution in [-0.4, -0.2) is 19.7 Å². The van der Waals surface area contributed by atoms with E-state index in [1.54, 1.807) is 0 Å². The fourth-order valence-corrected chi connectivity index (χ4v) is 1.26. The number of rotatable bonds is 4. The third kappa shape index (κ3) is 3.20. The molecule has 0 bridgehead atoms. The summed E-state index contributed by atoms with van der Waals surface area (Å²) in [4.78, 5) is 11.1. The number of alkyl halides is 2. The van der Waals surface area contributed by atoms with Crippen LogP contribution >= 0.6 is 0 Å². The predicted octanol–water partition coefficient (Wildman–Crippen LogP) is 1.17. The molecule has 0 heterocycles. The van der Waals surface area contributed by atoms with Gasteiger partial charge in [0.2, 0.25) is 0 Å². The third-order valence-electron chi connectivity index (χ3n) is 2.09. The first-order valence-corrected chi connectivity index (χ1v) is 4.64. The number of methoxy groups -OCH3 is 1. The number of hydrogen-bond acceptors (Lipinski definition) is 5. The molecule has 1 rings (SSSR count). The van der Waals surface area contributed by atoms with Gasteiger partial charge in [-0.25, -0.2) is 0 Å². The highest BCUT2D eigenvalue weighted by Gasteiger charge is 2.16. The fourth-order valence-electron chi connectivity index (χ4n) is 1.26. The summed E-state index contributed by atoms with van der Waals surface area (Å²) in [7, 11) is 1.21. The van der Waals surface area contributed by atoms with Crippen LogP contribution in [0.3, 0.4) is 0 Å². The fraction of sp³-hybridized carbons (Fsp3) is 0.300. The first-order valence-electron chi connectivity index (χ1n) is 4.64. The van der Waals surface area contributed by atoms with Crippen LogP contribution < -0.4 is 16.2 Å². The zero-order chi connectivity index (χ0) is 13.0. The van der Waals surface area contributed by atoms with Crippen molar-refractivity contribution in [3.63, 3.8) is 0 Å². The van der Waals surface area contributed by atoms with E-state index in [9.17, 15) is 13.6 Å². The second-order valence-corrected chi connectivity index (χ2v) is 3.19. The van der Waals surface area contributed by atoms with Gasteiger partial charge in [-0.05, 0) is 11.6 Å². The number of benzene rings is 1. The van der Waals surface area contributed by atoms with E-state index in [1.807, 2.05) is 0 Å². The van der Waals surface area contributed by atoms with Gasteiger partial charge in [-0.2, -0.15) is 8.78 Å². The van der Waals surface area contributed by atoms with Gasteiger partial charge in [-0.15, -0.1) is 0 Å². The van der Waals surface area contributed by atoms with Gasteiger partial charge < -0.3 is 20.9 Å². The summed E-state index contributed by atoms with van der Waals surface area (Å²) in [6.07, 6.45) is -0.137. The molecule has 7 heteroatoms. The van der Waals surface area contributed by atoms with Crippen molar-refractivity contribution in [1.29, 1.82) is 0 Å². The number of anilines is 2. The predicted molar refractivity (Wildman–Crippen MR) is 57.6 cm³/mol.